The number of benzene rings is 1. The molecule has 2 fully saturated rings. The third-order valence-electron chi connectivity index (χ3n) is 3.97. The van der Waals surface area contributed by atoms with Crippen molar-refractivity contribution in [2.24, 2.45) is 4.99 Å². The molecule has 0 saturated carbocycles. The number of nitrogens with zero attached hydrogens (tertiary/aromatic N) is 3. The number of anilines is 1. The Hall–Kier alpha value is -2.06. The fourth-order valence-corrected chi connectivity index (χ4v) is 6.84. The summed E-state index contributed by atoms with van der Waals surface area (Å²) in [7, 11) is -3.32. The number of amides is 1. The summed E-state index contributed by atoms with van der Waals surface area (Å²) >= 11 is 1.04. The Labute approximate surface area is 151 Å². The number of hydrogen-bond acceptors (Lipinski definition) is 5. The monoisotopic (exact) mass is 403 g/mol. The van der Waals surface area contributed by atoms with Crippen molar-refractivity contribution in [3.8, 4) is 6.07 Å². The van der Waals surface area contributed by atoms with E-state index in [9.17, 15) is 26.4 Å². The molecule has 2 atom stereocenters. The van der Waals surface area contributed by atoms with Gasteiger partial charge in [0, 0.05) is 10.9 Å². The van der Waals surface area contributed by atoms with Crippen LogP contribution in [0.1, 0.15) is 12.0 Å². The fraction of sp³-hybridized carbons (Fsp3) is 0.400. The highest BCUT2D eigenvalue weighted by molar-refractivity contribution is 8.16. The number of hydrogen-bond donors (Lipinski definition) is 0. The molecule has 0 unspecified atom stereocenters. The van der Waals surface area contributed by atoms with E-state index in [0.717, 1.165) is 23.9 Å². The number of aliphatic imine (C=N–C) groups is 1. The molecule has 0 radical (unpaired) electrons. The third-order valence-corrected chi connectivity index (χ3v) is 7.18. The van der Waals surface area contributed by atoms with Gasteiger partial charge in [-0.2, -0.15) is 23.4 Å². The van der Waals surface area contributed by atoms with E-state index in [1.807, 2.05) is 0 Å². The number of carbonyl (C=O) groups excluding carboxylic acids is 1. The summed E-state index contributed by atoms with van der Waals surface area (Å²) in [6.07, 6.45) is -5.02. The Bertz CT molecular complexity index is 922. The molecule has 26 heavy (non-hydrogen) atoms. The molecular weight excluding hydrogens is 391 g/mol. The zero-order chi connectivity index (χ0) is 19.1. The van der Waals surface area contributed by atoms with Crippen molar-refractivity contribution < 1.29 is 26.4 Å². The predicted molar refractivity (Wildman–Crippen MR) is 90.4 cm³/mol. The molecule has 11 heteroatoms. The average Bonchev–Trinajstić information content (AvgIpc) is 2.97. The molecule has 2 heterocycles. The van der Waals surface area contributed by atoms with Crippen LogP contribution in [0.2, 0.25) is 0 Å². The van der Waals surface area contributed by atoms with Crippen LogP contribution < -0.4 is 4.90 Å². The Kier molecular flexibility index (Phi) is 4.74. The highest BCUT2D eigenvalue weighted by atomic mass is 32.2. The lowest BCUT2D eigenvalue weighted by Gasteiger charge is -2.25. The van der Waals surface area contributed by atoms with Crippen molar-refractivity contribution in [1.82, 2.24) is 0 Å². The van der Waals surface area contributed by atoms with E-state index >= 15 is 0 Å². The first kappa shape index (κ1) is 18.7. The minimum Gasteiger partial charge on any atom is -0.316 e. The SMILES string of the molecule is N#CCC(=O)N=C1S[C@H]2CS(=O)(=O)C[C@@H]2N1c1cccc(C(F)(F)F)c1. The second-order valence-corrected chi connectivity index (χ2v) is 9.20. The number of thioether (sulfide) groups is 1. The molecule has 0 bridgehead atoms. The predicted octanol–water partition coefficient (Wildman–Crippen LogP) is 2.22. The van der Waals surface area contributed by atoms with Gasteiger partial charge in [0.2, 0.25) is 0 Å². The van der Waals surface area contributed by atoms with Crippen LogP contribution in [0.25, 0.3) is 0 Å². The van der Waals surface area contributed by atoms with Crippen molar-refractivity contribution in [3.05, 3.63) is 29.8 Å². The molecule has 0 N–H and O–H groups in total. The lowest BCUT2D eigenvalue weighted by Crippen LogP contribution is -2.37. The van der Waals surface area contributed by atoms with Crippen LogP contribution in [0.15, 0.2) is 29.3 Å². The van der Waals surface area contributed by atoms with Gasteiger partial charge < -0.3 is 4.90 Å². The van der Waals surface area contributed by atoms with E-state index in [2.05, 4.69) is 4.99 Å². The third kappa shape index (κ3) is 3.71. The van der Waals surface area contributed by atoms with Gasteiger partial charge in [0.1, 0.15) is 6.42 Å². The molecule has 0 aliphatic carbocycles. The minimum atomic E-state index is -4.56. The topological polar surface area (TPSA) is 90.6 Å². The summed E-state index contributed by atoms with van der Waals surface area (Å²) < 4.78 is 62.9. The van der Waals surface area contributed by atoms with Gasteiger partial charge in [0.15, 0.2) is 15.0 Å². The molecule has 2 aliphatic rings. The van der Waals surface area contributed by atoms with Gasteiger partial charge in [-0.3, -0.25) is 4.79 Å². The van der Waals surface area contributed by atoms with Gasteiger partial charge in [-0.25, -0.2) is 8.42 Å². The van der Waals surface area contributed by atoms with E-state index in [4.69, 9.17) is 5.26 Å². The second-order valence-electron chi connectivity index (χ2n) is 5.84. The Morgan fingerprint density at radius 1 is 1.38 bits per heavy atom. The number of amidine groups is 1. The molecule has 1 amide bonds. The van der Waals surface area contributed by atoms with Crippen LogP contribution in [0.3, 0.4) is 0 Å². The van der Waals surface area contributed by atoms with E-state index in [-0.39, 0.29) is 22.4 Å². The molecular formula is C15H12F3N3O3S2. The fourth-order valence-electron chi connectivity index (χ4n) is 2.91. The first-order chi connectivity index (χ1) is 12.1. The van der Waals surface area contributed by atoms with Crippen LogP contribution in [-0.2, 0) is 20.8 Å². The molecule has 1 aromatic carbocycles. The maximum atomic E-state index is 13.0. The standard InChI is InChI=1S/C15H12F3N3O3S2/c16-15(17,18)9-2-1-3-10(6-9)21-11-7-26(23,24)8-12(11)25-14(21)20-13(22)4-5-19/h1-3,6,11-12H,4,7-8H2/t11-,12-/m0/s1. The number of rotatable bonds is 2. The summed E-state index contributed by atoms with van der Waals surface area (Å²) in [6, 6.07) is 5.49. The van der Waals surface area contributed by atoms with Crippen molar-refractivity contribution in [1.29, 1.82) is 5.26 Å². The Morgan fingerprint density at radius 3 is 2.77 bits per heavy atom. The van der Waals surface area contributed by atoms with E-state index in [1.54, 1.807) is 6.07 Å². The van der Waals surface area contributed by atoms with Crippen LogP contribution in [0.4, 0.5) is 18.9 Å². The number of carbonyl (C=O) groups is 1. The van der Waals surface area contributed by atoms with Crippen LogP contribution >= 0.6 is 11.8 Å². The normalized spacial score (nSPS) is 25.9. The molecule has 3 rings (SSSR count). The average molecular weight is 403 g/mol. The minimum absolute atomic E-state index is 0.112. The zero-order valence-corrected chi connectivity index (χ0v) is 14.7. The number of alkyl halides is 3. The van der Waals surface area contributed by atoms with E-state index in [0.29, 0.717) is 0 Å². The molecule has 138 valence electrons. The second kappa shape index (κ2) is 6.59. The van der Waals surface area contributed by atoms with Crippen LogP contribution in [0.5, 0.6) is 0 Å². The quantitative estimate of drug-likeness (QED) is 0.752. The maximum Gasteiger partial charge on any atom is 0.416 e. The van der Waals surface area contributed by atoms with Crippen LogP contribution in [0, 0.1) is 11.3 Å². The first-order valence-corrected chi connectivity index (χ1v) is 10.1. The summed E-state index contributed by atoms with van der Waals surface area (Å²) in [5.74, 6) is -1.09. The lowest BCUT2D eigenvalue weighted by atomic mass is 10.1. The van der Waals surface area contributed by atoms with Gasteiger partial charge in [0.05, 0.1) is 29.2 Å². The molecule has 6 nitrogen and oxygen atoms in total. The summed E-state index contributed by atoms with van der Waals surface area (Å²) in [5, 5.41) is 8.28. The Balaban J connectivity index is 2.04. The number of nitriles is 1. The van der Waals surface area contributed by atoms with Gasteiger partial charge in [-0.05, 0) is 18.2 Å². The summed E-state index contributed by atoms with van der Waals surface area (Å²) in [5.41, 5.74) is -0.771. The lowest BCUT2D eigenvalue weighted by molar-refractivity contribution is -0.137. The summed E-state index contributed by atoms with van der Waals surface area (Å²) in [4.78, 5) is 16.9. The van der Waals surface area contributed by atoms with Gasteiger partial charge in [-0.1, -0.05) is 17.8 Å². The molecule has 2 aliphatic heterocycles. The van der Waals surface area contributed by atoms with E-state index < -0.39 is 45.2 Å². The highest BCUT2D eigenvalue weighted by Gasteiger charge is 2.49. The maximum absolute atomic E-state index is 13.0. The van der Waals surface area contributed by atoms with E-state index in [1.165, 1.54) is 17.0 Å². The number of sulfone groups is 1. The van der Waals surface area contributed by atoms with Gasteiger partial charge in [0.25, 0.3) is 5.91 Å². The molecule has 2 saturated heterocycles. The zero-order valence-electron chi connectivity index (χ0n) is 13.1. The summed E-state index contributed by atoms with van der Waals surface area (Å²) in [6.45, 7) is 0. The smallest absolute Gasteiger partial charge is 0.316 e. The number of halogens is 3. The first-order valence-electron chi connectivity index (χ1n) is 7.43. The van der Waals surface area contributed by atoms with Gasteiger partial charge in [-0.15, -0.1) is 0 Å². The Morgan fingerprint density at radius 2 is 2.12 bits per heavy atom. The molecule has 0 spiro atoms. The van der Waals surface area contributed by atoms with Crippen molar-refractivity contribution >= 4 is 38.4 Å². The van der Waals surface area contributed by atoms with Gasteiger partial charge >= 0.3 is 6.18 Å². The number of fused-ring (bicyclic) bond motifs is 1. The van der Waals surface area contributed by atoms with Crippen molar-refractivity contribution in [3.63, 3.8) is 0 Å². The molecule has 1 aromatic rings. The largest absolute Gasteiger partial charge is 0.416 e. The van der Waals surface area contributed by atoms with Crippen molar-refractivity contribution in [2.75, 3.05) is 16.4 Å². The van der Waals surface area contributed by atoms with Crippen molar-refractivity contribution in [2.45, 2.75) is 23.9 Å². The molecule has 0 aromatic heterocycles. The van der Waals surface area contributed by atoms with Crippen LogP contribution in [-0.4, -0.2) is 42.3 Å². The highest BCUT2D eigenvalue weighted by Crippen LogP contribution is 2.42.